The van der Waals surface area contributed by atoms with Crippen molar-refractivity contribution in [3.8, 4) is 0 Å². The van der Waals surface area contributed by atoms with E-state index in [4.69, 9.17) is 5.73 Å². The van der Waals surface area contributed by atoms with Crippen molar-refractivity contribution in [3.05, 3.63) is 59.9 Å². The molecule has 4 N–H and O–H groups in total. The minimum Gasteiger partial charge on any atom is -0.370 e. The lowest BCUT2D eigenvalue weighted by molar-refractivity contribution is -0.119. The number of hydrogen-bond acceptors (Lipinski definition) is 3. The molecule has 126 valence electrons. The fourth-order valence-corrected chi connectivity index (χ4v) is 2.08. The highest BCUT2D eigenvalue weighted by molar-refractivity contribution is 5.92. The Kier molecular flexibility index (Phi) is 5.52. The number of benzene rings is 2. The summed E-state index contributed by atoms with van der Waals surface area (Å²) in [6.07, 6.45) is 0. The van der Waals surface area contributed by atoms with Gasteiger partial charge in [-0.05, 0) is 42.0 Å². The van der Waals surface area contributed by atoms with Gasteiger partial charge < -0.3 is 16.4 Å². The third-order valence-electron chi connectivity index (χ3n) is 3.48. The van der Waals surface area contributed by atoms with E-state index in [0.29, 0.717) is 16.9 Å². The number of primary amides is 1. The van der Waals surface area contributed by atoms with E-state index in [0.717, 1.165) is 0 Å². The minimum absolute atomic E-state index is 0.0722. The molecule has 6 heteroatoms. The van der Waals surface area contributed by atoms with Crippen LogP contribution in [-0.2, 0) is 9.59 Å². The number of carbonyl (C=O) groups excluding carboxylic acids is 2. The molecule has 24 heavy (non-hydrogen) atoms. The van der Waals surface area contributed by atoms with Crippen LogP contribution in [0.2, 0.25) is 0 Å². The number of halogens is 1. The Balaban J connectivity index is 2.11. The maximum absolute atomic E-state index is 13.0. The third kappa shape index (κ3) is 4.55. The Hall–Kier alpha value is -2.89. The first kappa shape index (κ1) is 17.5. The highest BCUT2D eigenvalue weighted by Crippen LogP contribution is 2.21. The van der Waals surface area contributed by atoms with Gasteiger partial charge in [-0.25, -0.2) is 4.39 Å². The van der Waals surface area contributed by atoms with Crippen LogP contribution in [0.25, 0.3) is 0 Å². The summed E-state index contributed by atoms with van der Waals surface area (Å²) in [5, 5.41) is 5.79. The SMILES string of the molecule is CC(C)C(=O)Nc1ccc(N[C@H](C(N)=O)c2ccc(F)cc2)cc1. The molecule has 0 saturated carbocycles. The molecule has 2 aromatic carbocycles. The van der Waals surface area contributed by atoms with E-state index >= 15 is 0 Å². The Morgan fingerprint density at radius 2 is 1.50 bits per heavy atom. The zero-order valence-corrected chi connectivity index (χ0v) is 13.5. The molecule has 5 nitrogen and oxygen atoms in total. The Morgan fingerprint density at radius 1 is 0.958 bits per heavy atom. The van der Waals surface area contributed by atoms with E-state index < -0.39 is 11.9 Å². The van der Waals surface area contributed by atoms with Crippen LogP contribution < -0.4 is 16.4 Å². The first-order chi connectivity index (χ1) is 11.4. The van der Waals surface area contributed by atoms with Gasteiger partial charge in [-0.1, -0.05) is 26.0 Å². The molecule has 0 radical (unpaired) electrons. The number of rotatable bonds is 6. The predicted octanol–water partition coefficient (Wildman–Crippen LogP) is 3.06. The molecule has 0 heterocycles. The van der Waals surface area contributed by atoms with E-state index in [-0.39, 0.29) is 17.6 Å². The smallest absolute Gasteiger partial charge is 0.244 e. The second-order valence-corrected chi connectivity index (χ2v) is 5.75. The monoisotopic (exact) mass is 329 g/mol. The molecule has 2 aromatic rings. The summed E-state index contributed by atoms with van der Waals surface area (Å²) in [6, 6.07) is 11.7. The molecule has 0 saturated heterocycles. The maximum atomic E-state index is 13.0. The molecule has 2 rings (SSSR count). The van der Waals surface area contributed by atoms with Gasteiger partial charge in [-0.3, -0.25) is 9.59 Å². The van der Waals surface area contributed by atoms with Crippen molar-refractivity contribution in [2.24, 2.45) is 11.7 Å². The summed E-state index contributed by atoms with van der Waals surface area (Å²) < 4.78 is 13.0. The van der Waals surface area contributed by atoms with E-state index in [9.17, 15) is 14.0 Å². The second-order valence-electron chi connectivity index (χ2n) is 5.75. The van der Waals surface area contributed by atoms with Crippen LogP contribution in [0.1, 0.15) is 25.5 Å². The van der Waals surface area contributed by atoms with Crippen molar-refractivity contribution >= 4 is 23.2 Å². The van der Waals surface area contributed by atoms with Crippen LogP contribution in [0.5, 0.6) is 0 Å². The van der Waals surface area contributed by atoms with Crippen LogP contribution in [0.3, 0.4) is 0 Å². The van der Waals surface area contributed by atoms with Gasteiger partial charge in [0.1, 0.15) is 11.9 Å². The number of hydrogen-bond donors (Lipinski definition) is 3. The van der Waals surface area contributed by atoms with Crippen molar-refractivity contribution in [1.82, 2.24) is 0 Å². The largest absolute Gasteiger partial charge is 0.370 e. The number of carbonyl (C=O) groups is 2. The zero-order chi connectivity index (χ0) is 17.7. The number of nitrogens with two attached hydrogens (primary N) is 1. The van der Waals surface area contributed by atoms with Crippen LogP contribution in [0, 0.1) is 11.7 Å². The molecule has 1 atom stereocenters. The van der Waals surface area contributed by atoms with Crippen molar-refractivity contribution < 1.29 is 14.0 Å². The molecule has 0 aromatic heterocycles. The highest BCUT2D eigenvalue weighted by Gasteiger charge is 2.17. The molecule has 0 spiro atoms. The van der Waals surface area contributed by atoms with Crippen molar-refractivity contribution in [3.63, 3.8) is 0 Å². The van der Waals surface area contributed by atoms with Crippen LogP contribution in [-0.4, -0.2) is 11.8 Å². The molecule has 0 fully saturated rings. The van der Waals surface area contributed by atoms with Gasteiger partial charge in [-0.2, -0.15) is 0 Å². The normalized spacial score (nSPS) is 11.8. The van der Waals surface area contributed by atoms with Gasteiger partial charge in [0.05, 0.1) is 0 Å². The Morgan fingerprint density at radius 3 is 2.00 bits per heavy atom. The summed E-state index contributed by atoms with van der Waals surface area (Å²) in [7, 11) is 0. The van der Waals surface area contributed by atoms with Crippen LogP contribution in [0.4, 0.5) is 15.8 Å². The Labute approximate surface area is 140 Å². The Bertz CT molecular complexity index is 712. The maximum Gasteiger partial charge on any atom is 0.244 e. The summed E-state index contributed by atoms with van der Waals surface area (Å²) in [5.74, 6) is -1.14. The van der Waals surface area contributed by atoms with Gasteiger partial charge in [0.2, 0.25) is 11.8 Å². The average molecular weight is 329 g/mol. The second kappa shape index (κ2) is 7.59. The van der Waals surface area contributed by atoms with Crippen molar-refractivity contribution in [2.75, 3.05) is 10.6 Å². The topological polar surface area (TPSA) is 84.2 Å². The molecule has 0 aliphatic heterocycles. The van der Waals surface area contributed by atoms with Gasteiger partial charge in [0, 0.05) is 17.3 Å². The molecule has 0 unspecified atom stereocenters. The molecule has 0 bridgehead atoms. The van der Waals surface area contributed by atoms with Gasteiger partial charge >= 0.3 is 0 Å². The number of nitrogens with one attached hydrogen (secondary N) is 2. The first-order valence-electron chi connectivity index (χ1n) is 7.59. The summed E-state index contributed by atoms with van der Waals surface area (Å²) in [4.78, 5) is 23.3. The summed E-state index contributed by atoms with van der Waals surface area (Å²) in [5.41, 5.74) is 7.32. The standard InChI is InChI=1S/C18H20FN3O2/c1-11(2)18(24)22-15-9-7-14(8-10-15)21-16(17(20)23)12-3-5-13(19)6-4-12/h3-11,16,21H,1-2H3,(H2,20,23)(H,22,24)/t16-/m0/s1. The van der Waals surface area contributed by atoms with Crippen LogP contribution in [0.15, 0.2) is 48.5 Å². The van der Waals surface area contributed by atoms with E-state index in [2.05, 4.69) is 10.6 Å². The lowest BCUT2D eigenvalue weighted by Crippen LogP contribution is -2.27. The highest BCUT2D eigenvalue weighted by atomic mass is 19.1. The fraction of sp³-hybridized carbons (Fsp3) is 0.222. The minimum atomic E-state index is -0.776. The molecular weight excluding hydrogens is 309 g/mol. The van der Waals surface area contributed by atoms with E-state index in [1.165, 1.54) is 24.3 Å². The lowest BCUT2D eigenvalue weighted by atomic mass is 10.1. The average Bonchev–Trinajstić information content (AvgIpc) is 2.54. The molecular formula is C18H20FN3O2. The van der Waals surface area contributed by atoms with Gasteiger partial charge in [0.15, 0.2) is 0 Å². The van der Waals surface area contributed by atoms with E-state index in [1.807, 2.05) is 13.8 Å². The molecule has 2 amide bonds. The van der Waals surface area contributed by atoms with Crippen LogP contribution >= 0.6 is 0 Å². The quantitative estimate of drug-likeness (QED) is 0.761. The van der Waals surface area contributed by atoms with E-state index in [1.54, 1.807) is 24.3 Å². The lowest BCUT2D eigenvalue weighted by Gasteiger charge is -2.17. The molecule has 0 aliphatic carbocycles. The predicted molar refractivity (Wildman–Crippen MR) is 91.9 cm³/mol. The fourth-order valence-electron chi connectivity index (χ4n) is 2.08. The third-order valence-corrected chi connectivity index (χ3v) is 3.48. The summed E-state index contributed by atoms with van der Waals surface area (Å²) in [6.45, 7) is 3.62. The number of amides is 2. The number of anilines is 2. The van der Waals surface area contributed by atoms with Gasteiger partial charge in [-0.15, -0.1) is 0 Å². The summed E-state index contributed by atoms with van der Waals surface area (Å²) >= 11 is 0. The van der Waals surface area contributed by atoms with Crippen molar-refractivity contribution in [2.45, 2.75) is 19.9 Å². The first-order valence-corrected chi connectivity index (χ1v) is 7.59. The zero-order valence-electron chi connectivity index (χ0n) is 13.5. The van der Waals surface area contributed by atoms with Crippen molar-refractivity contribution in [1.29, 1.82) is 0 Å². The molecule has 0 aliphatic rings. The van der Waals surface area contributed by atoms with Gasteiger partial charge in [0.25, 0.3) is 0 Å².